The molecule has 0 spiro atoms. The molecule has 0 aliphatic heterocycles. The minimum atomic E-state index is 0.488. The molecule has 0 bridgehead atoms. The highest BCUT2D eigenvalue weighted by Crippen LogP contribution is 2.23. The van der Waals surface area contributed by atoms with Crippen LogP contribution in [0.15, 0.2) is 30.6 Å². The first kappa shape index (κ1) is 9.09. The van der Waals surface area contributed by atoms with Crippen molar-refractivity contribution in [2.24, 2.45) is 0 Å². The fourth-order valence-corrected chi connectivity index (χ4v) is 1.45. The van der Waals surface area contributed by atoms with Gasteiger partial charge in [-0.25, -0.2) is 4.98 Å². The van der Waals surface area contributed by atoms with Crippen molar-refractivity contribution in [2.75, 3.05) is 5.32 Å². The summed E-state index contributed by atoms with van der Waals surface area (Å²) in [4.78, 5) is 7.32. The van der Waals surface area contributed by atoms with Gasteiger partial charge in [-0.05, 0) is 19.1 Å². The summed E-state index contributed by atoms with van der Waals surface area (Å²) in [5.41, 5.74) is 3.56. The van der Waals surface area contributed by atoms with Gasteiger partial charge in [0.2, 0.25) is 0 Å². The fraction of sp³-hybridized carbons (Fsp3) is 0.100. The van der Waals surface area contributed by atoms with Crippen LogP contribution in [-0.2, 0) is 0 Å². The van der Waals surface area contributed by atoms with Crippen molar-refractivity contribution in [1.82, 2.24) is 9.97 Å². The van der Waals surface area contributed by atoms with Crippen LogP contribution in [-0.4, -0.2) is 9.97 Å². The molecule has 0 aliphatic rings. The average Bonchev–Trinajstić information content (AvgIpc) is 2.47. The maximum atomic E-state index is 5.81. The number of anilines is 1. The molecule has 2 heterocycles. The van der Waals surface area contributed by atoms with E-state index in [0.717, 1.165) is 22.4 Å². The lowest BCUT2D eigenvalue weighted by Crippen LogP contribution is -1.92. The number of aromatic amines is 1. The third-order valence-corrected chi connectivity index (χ3v) is 2.05. The van der Waals surface area contributed by atoms with Gasteiger partial charge >= 0.3 is 0 Å². The van der Waals surface area contributed by atoms with Gasteiger partial charge in [-0.1, -0.05) is 18.2 Å². The van der Waals surface area contributed by atoms with E-state index in [1.165, 1.54) is 0 Å². The van der Waals surface area contributed by atoms with Crippen molar-refractivity contribution >= 4 is 28.3 Å². The van der Waals surface area contributed by atoms with Gasteiger partial charge in [-0.3, -0.25) is 0 Å². The van der Waals surface area contributed by atoms with Gasteiger partial charge in [-0.2, -0.15) is 0 Å². The zero-order valence-corrected chi connectivity index (χ0v) is 8.52. The molecule has 3 nitrogen and oxygen atoms in total. The Labute approximate surface area is 86.8 Å². The quantitative estimate of drug-likeness (QED) is 0.743. The molecule has 0 aromatic carbocycles. The third-order valence-electron chi connectivity index (χ3n) is 1.84. The number of nitrogens with zero attached hydrogens (tertiary/aromatic N) is 1. The molecule has 0 amide bonds. The van der Waals surface area contributed by atoms with E-state index in [9.17, 15) is 0 Å². The van der Waals surface area contributed by atoms with E-state index in [0.29, 0.717) is 5.15 Å². The molecule has 0 fully saturated rings. The Kier molecular flexibility index (Phi) is 2.17. The highest BCUT2D eigenvalue weighted by atomic mass is 35.5. The predicted octanol–water partition coefficient (Wildman–Crippen LogP) is 3.16. The summed E-state index contributed by atoms with van der Waals surface area (Å²) in [5, 5.41) is 3.60. The molecule has 0 saturated carbocycles. The summed E-state index contributed by atoms with van der Waals surface area (Å²) < 4.78 is 0. The number of rotatable bonds is 2. The summed E-state index contributed by atoms with van der Waals surface area (Å²) >= 11 is 5.81. The second kappa shape index (κ2) is 3.35. The lowest BCUT2D eigenvalue weighted by atomic mass is 10.3. The van der Waals surface area contributed by atoms with Gasteiger partial charge in [0.15, 0.2) is 0 Å². The normalized spacial score (nSPS) is 10.4. The van der Waals surface area contributed by atoms with Crippen LogP contribution in [0.3, 0.4) is 0 Å². The zero-order valence-electron chi connectivity index (χ0n) is 7.76. The highest BCUT2D eigenvalue weighted by Gasteiger charge is 2.04. The topological polar surface area (TPSA) is 40.7 Å². The first-order valence-electron chi connectivity index (χ1n) is 4.23. The molecule has 2 aromatic rings. The molecule has 72 valence electrons. The molecule has 0 radical (unpaired) electrons. The first-order valence-corrected chi connectivity index (χ1v) is 4.61. The smallest absolute Gasteiger partial charge is 0.130 e. The van der Waals surface area contributed by atoms with Crippen LogP contribution in [0.2, 0.25) is 5.15 Å². The van der Waals surface area contributed by atoms with Crippen LogP contribution in [0.25, 0.3) is 11.0 Å². The van der Waals surface area contributed by atoms with Crippen molar-refractivity contribution < 1.29 is 0 Å². The first-order chi connectivity index (χ1) is 6.66. The van der Waals surface area contributed by atoms with Crippen molar-refractivity contribution in [3.63, 3.8) is 0 Å². The highest BCUT2D eigenvalue weighted by molar-refractivity contribution is 6.29. The van der Waals surface area contributed by atoms with E-state index in [4.69, 9.17) is 11.6 Å². The number of H-pyrrole nitrogens is 1. The molecule has 2 rings (SSSR count). The number of allylic oxidation sites excluding steroid dienone is 1. The molecule has 0 atom stereocenters. The van der Waals surface area contributed by atoms with Crippen LogP contribution in [0.5, 0.6) is 0 Å². The van der Waals surface area contributed by atoms with Gasteiger partial charge in [0.05, 0.1) is 11.2 Å². The second-order valence-corrected chi connectivity index (χ2v) is 3.53. The minimum Gasteiger partial charge on any atom is -0.358 e. The minimum absolute atomic E-state index is 0.488. The molecule has 2 aromatic heterocycles. The predicted molar refractivity (Wildman–Crippen MR) is 59.5 cm³/mol. The Morgan fingerprint density at radius 3 is 3.07 bits per heavy atom. The van der Waals surface area contributed by atoms with Gasteiger partial charge < -0.3 is 10.3 Å². The molecule has 0 aliphatic carbocycles. The number of fused-ring (bicyclic) bond motifs is 1. The van der Waals surface area contributed by atoms with E-state index in [-0.39, 0.29) is 0 Å². The maximum Gasteiger partial charge on any atom is 0.130 e. The Morgan fingerprint density at radius 1 is 1.57 bits per heavy atom. The Morgan fingerprint density at radius 2 is 2.36 bits per heavy atom. The van der Waals surface area contributed by atoms with Gasteiger partial charge in [0.1, 0.15) is 10.7 Å². The molecule has 0 unspecified atom stereocenters. The zero-order chi connectivity index (χ0) is 10.1. The number of halogens is 1. The number of nitrogens with one attached hydrogen (secondary N) is 2. The molecular formula is C10H10ClN3. The summed E-state index contributed by atoms with van der Waals surface area (Å²) in [5.74, 6) is 0. The van der Waals surface area contributed by atoms with Crippen molar-refractivity contribution in [2.45, 2.75) is 6.92 Å². The standard InChI is InChI=1S/C10H10ClN3/c1-6(2)13-8-5-12-7-3-4-9(11)14-10(7)8/h3-5,12-13H,1H2,2H3. The van der Waals surface area contributed by atoms with Crippen LogP contribution in [0, 0.1) is 0 Å². The number of pyridine rings is 1. The monoisotopic (exact) mass is 207 g/mol. The van der Waals surface area contributed by atoms with Crippen LogP contribution >= 0.6 is 11.6 Å². The van der Waals surface area contributed by atoms with E-state index >= 15 is 0 Å². The third kappa shape index (κ3) is 1.59. The molecular weight excluding hydrogens is 198 g/mol. The Hall–Kier alpha value is -1.48. The summed E-state index contributed by atoms with van der Waals surface area (Å²) in [6.45, 7) is 5.67. The number of hydrogen-bond acceptors (Lipinski definition) is 2. The van der Waals surface area contributed by atoms with Crippen molar-refractivity contribution in [3.8, 4) is 0 Å². The summed E-state index contributed by atoms with van der Waals surface area (Å²) in [6.07, 6.45) is 1.85. The maximum absolute atomic E-state index is 5.81. The van der Waals surface area contributed by atoms with E-state index in [1.807, 2.05) is 19.2 Å². The largest absolute Gasteiger partial charge is 0.358 e. The summed E-state index contributed by atoms with van der Waals surface area (Å²) in [7, 11) is 0. The van der Waals surface area contributed by atoms with Crippen LogP contribution in [0.1, 0.15) is 6.92 Å². The SMILES string of the molecule is C=C(C)Nc1c[nH]c2ccc(Cl)nc12. The van der Waals surface area contributed by atoms with Crippen molar-refractivity contribution in [1.29, 1.82) is 0 Å². The fourth-order valence-electron chi connectivity index (χ4n) is 1.30. The van der Waals surface area contributed by atoms with Gasteiger partial charge in [0.25, 0.3) is 0 Å². The average molecular weight is 208 g/mol. The van der Waals surface area contributed by atoms with E-state index < -0.39 is 0 Å². The van der Waals surface area contributed by atoms with Crippen LogP contribution < -0.4 is 5.32 Å². The molecule has 4 heteroatoms. The Bertz CT molecular complexity index is 487. The van der Waals surface area contributed by atoms with E-state index in [1.54, 1.807) is 6.07 Å². The number of aromatic nitrogens is 2. The number of hydrogen-bond donors (Lipinski definition) is 2. The van der Waals surface area contributed by atoms with Gasteiger partial charge in [-0.15, -0.1) is 0 Å². The second-order valence-electron chi connectivity index (χ2n) is 3.14. The van der Waals surface area contributed by atoms with Crippen molar-refractivity contribution in [3.05, 3.63) is 35.8 Å². The van der Waals surface area contributed by atoms with Gasteiger partial charge in [0, 0.05) is 11.9 Å². The lowest BCUT2D eigenvalue weighted by Gasteiger charge is -2.01. The lowest BCUT2D eigenvalue weighted by molar-refractivity contribution is 1.38. The molecule has 0 saturated heterocycles. The van der Waals surface area contributed by atoms with E-state index in [2.05, 4.69) is 21.9 Å². The Balaban J connectivity index is 2.55. The molecule has 2 N–H and O–H groups in total. The molecule has 14 heavy (non-hydrogen) atoms. The van der Waals surface area contributed by atoms with Crippen LogP contribution in [0.4, 0.5) is 5.69 Å². The summed E-state index contributed by atoms with van der Waals surface area (Å²) in [6, 6.07) is 3.65.